The summed E-state index contributed by atoms with van der Waals surface area (Å²) >= 11 is 0. The van der Waals surface area contributed by atoms with Crippen LogP contribution in [0.3, 0.4) is 0 Å². The predicted octanol–water partition coefficient (Wildman–Crippen LogP) is -0.861. The Labute approximate surface area is 164 Å². The lowest BCUT2D eigenvalue weighted by Gasteiger charge is -2.26. The Bertz CT molecular complexity index is 692. The van der Waals surface area contributed by atoms with Crippen LogP contribution in [-0.4, -0.2) is 58.8 Å². The molecule has 4 atom stereocenters. The Hall–Kier alpha value is -1.94. The zero-order chi connectivity index (χ0) is 20.3. The van der Waals surface area contributed by atoms with Gasteiger partial charge in [0.1, 0.15) is 6.04 Å². The summed E-state index contributed by atoms with van der Waals surface area (Å²) in [5.74, 6) is -1.53. The second kappa shape index (κ2) is 9.04. The van der Waals surface area contributed by atoms with Gasteiger partial charge < -0.3 is 31.5 Å². The number of rotatable bonds is 8. The number of fused-ring (bicyclic) bond motifs is 1. The van der Waals surface area contributed by atoms with E-state index in [1.54, 1.807) is 0 Å². The van der Waals surface area contributed by atoms with Crippen LogP contribution in [0, 0.1) is 11.8 Å². The summed E-state index contributed by atoms with van der Waals surface area (Å²) in [5.41, 5.74) is 8.70. The first-order valence-corrected chi connectivity index (χ1v) is 9.82. The van der Waals surface area contributed by atoms with Gasteiger partial charge in [-0.15, -0.1) is 0 Å². The van der Waals surface area contributed by atoms with Crippen molar-refractivity contribution in [2.75, 3.05) is 6.54 Å². The van der Waals surface area contributed by atoms with E-state index in [2.05, 4.69) is 22.8 Å². The fraction of sp³-hybridized carbons (Fsp3) is 0.579. The molecule has 1 aliphatic carbocycles. The van der Waals surface area contributed by atoms with Crippen LogP contribution in [0.4, 0.5) is 0 Å². The van der Waals surface area contributed by atoms with Crippen LogP contribution < -0.4 is 16.4 Å². The minimum Gasteiger partial charge on any atom is -0.480 e. The number of hydrogen-bond acceptors (Lipinski definition) is 6. The highest BCUT2D eigenvalue weighted by atomic mass is 16.4. The van der Waals surface area contributed by atoms with Gasteiger partial charge in [0.2, 0.25) is 5.91 Å². The molecule has 7 N–H and O–H groups in total. The molecule has 1 aromatic carbocycles. The second-order valence-electron chi connectivity index (χ2n) is 7.88. The summed E-state index contributed by atoms with van der Waals surface area (Å²) in [5, 5.41) is 33.3. The number of nitrogens with two attached hydrogens (primary N) is 1. The third-order valence-electron chi connectivity index (χ3n) is 5.99. The highest BCUT2D eigenvalue weighted by Crippen LogP contribution is 2.29. The van der Waals surface area contributed by atoms with Gasteiger partial charge in [0.05, 0.1) is 6.04 Å². The Morgan fingerprint density at radius 2 is 1.89 bits per heavy atom. The van der Waals surface area contributed by atoms with Gasteiger partial charge in [-0.3, -0.25) is 9.59 Å². The molecule has 2 aliphatic rings. The molecule has 0 aromatic heterocycles. The molecule has 0 saturated carbocycles. The third-order valence-corrected chi connectivity index (χ3v) is 5.99. The summed E-state index contributed by atoms with van der Waals surface area (Å²) in [4.78, 5) is 24.3. The van der Waals surface area contributed by atoms with Gasteiger partial charge in [-0.2, -0.15) is 0 Å². The van der Waals surface area contributed by atoms with E-state index in [-0.39, 0.29) is 30.1 Å². The topological polar surface area (TPSA) is 145 Å². The molecular formula is C19H28BN3O5. The van der Waals surface area contributed by atoms with Gasteiger partial charge in [0.15, 0.2) is 0 Å². The molecular weight excluding hydrogens is 361 g/mol. The molecule has 1 amide bonds. The molecule has 1 fully saturated rings. The largest absolute Gasteiger partial charge is 0.480 e. The number of benzene rings is 1. The molecule has 1 heterocycles. The summed E-state index contributed by atoms with van der Waals surface area (Å²) in [7, 11) is -1.41. The van der Waals surface area contributed by atoms with Crippen LogP contribution in [-0.2, 0) is 22.4 Å². The molecule has 8 nitrogen and oxygen atoms in total. The van der Waals surface area contributed by atoms with Crippen molar-refractivity contribution in [2.24, 2.45) is 17.6 Å². The van der Waals surface area contributed by atoms with Gasteiger partial charge in [0.25, 0.3) is 0 Å². The van der Waals surface area contributed by atoms with Crippen molar-refractivity contribution in [2.45, 2.75) is 50.1 Å². The first-order valence-electron chi connectivity index (χ1n) is 9.82. The quantitative estimate of drug-likeness (QED) is 0.317. The molecule has 3 rings (SSSR count). The zero-order valence-corrected chi connectivity index (χ0v) is 15.8. The van der Waals surface area contributed by atoms with E-state index in [0.717, 1.165) is 12.8 Å². The Morgan fingerprint density at radius 3 is 2.46 bits per heavy atom. The van der Waals surface area contributed by atoms with Gasteiger partial charge >= 0.3 is 13.1 Å². The summed E-state index contributed by atoms with van der Waals surface area (Å²) in [6.45, 7) is 0.354. The fourth-order valence-corrected chi connectivity index (χ4v) is 4.46. The number of nitrogens with one attached hydrogen (secondary N) is 2. The smallest absolute Gasteiger partial charge is 0.451 e. The van der Waals surface area contributed by atoms with Crippen molar-refractivity contribution in [3.05, 3.63) is 35.4 Å². The number of carboxylic acids is 1. The van der Waals surface area contributed by atoms with Gasteiger partial charge in [-0.25, -0.2) is 0 Å². The highest BCUT2D eigenvalue weighted by molar-refractivity contribution is 6.40. The van der Waals surface area contributed by atoms with Crippen LogP contribution in [0.1, 0.15) is 24.0 Å². The normalized spacial score (nSPS) is 25.3. The second-order valence-corrected chi connectivity index (χ2v) is 7.88. The number of aliphatic carboxylic acids is 1. The molecule has 0 bridgehead atoms. The summed E-state index contributed by atoms with van der Waals surface area (Å²) in [6.07, 6.45) is 2.64. The number of carboxylic acid groups (broad SMARTS) is 1. The van der Waals surface area contributed by atoms with Crippen molar-refractivity contribution < 1.29 is 24.7 Å². The van der Waals surface area contributed by atoms with Gasteiger partial charge in [-0.05, 0) is 42.6 Å². The molecule has 1 aromatic rings. The lowest BCUT2D eigenvalue weighted by molar-refractivity contribution is -0.140. The lowest BCUT2D eigenvalue weighted by atomic mass is 9.80. The zero-order valence-electron chi connectivity index (χ0n) is 15.8. The number of hydrogen-bond donors (Lipinski definition) is 6. The minimum atomic E-state index is -1.41. The van der Waals surface area contributed by atoms with Crippen molar-refractivity contribution in [3.8, 4) is 0 Å². The molecule has 9 heteroatoms. The van der Waals surface area contributed by atoms with Crippen molar-refractivity contribution >= 4 is 19.0 Å². The number of amides is 1. The van der Waals surface area contributed by atoms with E-state index in [1.807, 2.05) is 12.1 Å². The van der Waals surface area contributed by atoms with Crippen LogP contribution in [0.2, 0.25) is 6.32 Å². The maximum absolute atomic E-state index is 12.7. The number of carbonyl (C=O) groups is 2. The molecule has 1 aliphatic heterocycles. The average Bonchev–Trinajstić information content (AvgIpc) is 3.25. The van der Waals surface area contributed by atoms with E-state index >= 15 is 0 Å². The first-order chi connectivity index (χ1) is 13.4. The van der Waals surface area contributed by atoms with Crippen molar-refractivity contribution in [1.29, 1.82) is 0 Å². The van der Waals surface area contributed by atoms with E-state index in [0.29, 0.717) is 19.4 Å². The minimum absolute atomic E-state index is 0.0324. The van der Waals surface area contributed by atoms with Crippen molar-refractivity contribution in [1.82, 2.24) is 10.6 Å². The van der Waals surface area contributed by atoms with Crippen LogP contribution in [0.25, 0.3) is 0 Å². The number of carbonyl (C=O) groups excluding carboxylic acids is 1. The molecule has 0 spiro atoms. The molecule has 0 radical (unpaired) electrons. The Morgan fingerprint density at radius 1 is 1.25 bits per heavy atom. The maximum Gasteiger partial charge on any atom is 0.451 e. The first kappa shape index (κ1) is 20.8. The molecule has 1 unspecified atom stereocenters. The van der Waals surface area contributed by atoms with Crippen LogP contribution in [0.15, 0.2) is 24.3 Å². The predicted molar refractivity (Wildman–Crippen MR) is 104 cm³/mol. The average molecular weight is 389 g/mol. The van der Waals surface area contributed by atoms with Crippen LogP contribution >= 0.6 is 0 Å². The molecule has 28 heavy (non-hydrogen) atoms. The van der Waals surface area contributed by atoms with Gasteiger partial charge in [0, 0.05) is 18.5 Å². The summed E-state index contributed by atoms with van der Waals surface area (Å²) in [6, 6.07) is 6.31. The third kappa shape index (κ3) is 4.72. The molecule has 1 saturated heterocycles. The van der Waals surface area contributed by atoms with E-state index in [1.165, 1.54) is 11.1 Å². The van der Waals surface area contributed by atoms with Crippen molar-refractivity contribution in [3.63, 3.8) is 0 Å². The molecule has 152 valence electrons. The SMILES string of the molecule is N[C@H](C(=O)NC1CN[C@H](C(=O)O)[C@@H]1CCCB(O)O)C1Cc2ccccc2C1. The Balaban J connectivity index is 1.59. The van der Waals surface area contributed by atoms with E-state index in [9.17, 15) is 14.7 Å². The standard InChI is InChI=1S/C19H28BN3O5/c21-16(13-8-11-4-1-2-5-12(11)9-13)18(24)23-15-10-22-17(19(25)26)14(15)6-3-7-20(27)28/h1-2,4-5,13-17,22,27-28H,3,6-10,21H2,(H,23,24)(H,25,26)/t14-,15?,16+,17+/m1/s1. The van der Waals surface area contributed by atoms with E-state index < -0.39 is 25.2 Å². The Kier molecular flexibility index (Phi) is 6.71. The highest BCUT2D eigenvalue weighted by Gasteiger charge is 2.41. The fourth-order valence-electron chi connectivity index (χ4n) is 4.46. The van der Waals surface area contributed by atoms with Gasteiger partial charge in [-0.1, -0.05) is 30.7 Å². The maximum atomic E-state index is 12.7. The van der Waals surface area contributed by atoms with Crippen LogP contribution in [0.5, 0.6) is 0 Å². The monoisotopic (exact) mass is 389 g/mol. The lowest BCUT2D eigenvalue weighted by Crippen LogP contribution is -2.51. The summed E-state index contributed by atoms with van der Waals surface area (Å²) < 4.78 is 0. The van der Waals surface area contributed by atoms with E-state index in [4.69, 9.17) is 15.8 Å².